The van der Waals surface area contributed by atoms with Crippen LogP contribution in [0.5, 0.6) is 0 Å². The molecule has 0 bridgehead atoms. The maximum atomic E-state index is 12.8. The van der Waals surface area contributed by atoms with Crippen molar-refractivity contribution in [1.29, 1.82) is 0 Å². The topological polar surface area (TPSA) is 52.7 Å². The Morgan fingerprint density at radius 3 is 2.47 bits per heavy atom. The van der Waals surface area contributed by atoms with E-state index in [-0.39, 0.29) is 12.1 Å². The summed E-state index contributed by atoms with van der Waals surface area (Å²) in [5.41, 5.74) is 0. The third-order valence-electron chi connectivity index (χ3n) is 4.13. The van der Waals surface area contributed by atoms with Crippen molar-refractivity contribution in [2.45, 2.75) is 58.0 Å². The number of piperidine rings is 1. The van der Waals surface area contributed by atoms with E-state index in [0.717, 1.165) is 38.6 Å². The van der Waals surface area contributed by atoms with Gasteiger partial charge in [-0.15, -0.1) is 0 Å². The van der Waals surface area contributed by atoms with Gasteiger partial charge < -0.3 is 5.32 Å². The molecule has 1 aliphatic rings. The van der Waals surface area contributed by atoms with Crippen molar-refractivity contribution >= 4 is 10.2 Å². The summed E-state index contributed by atoms with van der Waals surface area (Å²) in [6.07, 6.45) is 4.76. The Morgan fingerprint density at radius 1 is 1.32 bits per heavy atom. The van der Waals surface area contributed by atoms with Gasteiger partial charge in [-0.1, -0.05) is 20.3 Å². The molecule has 1 rings (SSSR count). The van der Waals surface area contributed by atoms with Gasteiger partial charge in [-0.3, -0.25) is 0 Å². The molecule has 0 saturated carbocycles. The molecule has 0 aromatic rings. The summed E-state index contributed by atoms with van der Waals surface area (Å²) in [6, 6.07) is 0.197. The first-order chi connectivity index (χ1) is 8.98. The minimum Gasteiger partial charge on any atom is -0.318 e. The molecular formula is C13H29N3O2S. The highest BCUT2D eigenvalue weighted by atomic mass is 32.2. The first-order valence-electron chi connectivity index (χ1n) is 7.38. The van der Waals surface area contributed by atoms with E-state index in [9.17, 15) is 8.42 Å². The normalized spacial score (nSPS) is 22.3. The van der Waals surface area contributed by atoms with Crippen molar-refractivity contribution in [3.63, 3.8) is 0 Å². The van der Waals surface area contributed by atoms with Crippen molar-refractivity contribution in [3.8, 4) is 0 Å². The van der Waals surface area contributed by atoms with Crippen LogP contribution in [0.3, 0.4) is 0 Å². The van der Waals surface area contributed by atoms with Crippen molar-refractivity contribution in [2.24, 2.45) is 0 Å². The summed E-state index contributed by atoms with van der Waals surface area (Å²) < 4.78 is 28.8. The fraction of sp³-hybridized carbons (Fsp3) is 1.00. The first-order valence-corrected chi connectivity index (χ1v) is 8.78. The van der Waals surface area contributed by atoms with Gasteiger partial charge in [0, 0.05) is 32.2 Å². The molecule has 0 amide bonds. The fourth-order valence-electron chi connectivity index (χ4n) is 2.87. The van der Waals surface area contributed by atoms with Crippen LogP contribution in [0.25, 0.3) is 0 Å². The monoisotopic (exact) mass is 291 g/mol. The smallest absolute Gasteiger partial charge is 0.282 e. The van der Waals surface area contributed by atoms with Gasteiger partial charge in [0.2, 0.25) is 0 Å². The van der Waals surface area contributed by atoms with Crippen LogP contribution in [-0.2, 0) is 10.2 Å². The highest BCUT2D eigenvalue weighted by molar-refractivity contribution is 7.86. The zero-order valence-corrected chi connectivity index (χ0v) is 13.5. The molecule has 0 aromatic heterocycles. The predicted molar refractivity (Wildman–Crippen MR) is 79.3 cm³/mol. The van der Waals surface area contributed by atoms with Crippen molar-refractivity contribution in [2.75, 3.05) is 27.2 Å². The van der Waals surface area contributed by atoms with Crippen LogP contribution >= 0.6 is 0 Å². The Labute approximate surface area is 118 Å². The second-order valence-electron chi connectivity index (χ2n) is 5.31. The standard InChI is InChI=1S/C13H29N3O2S/c1-5-12(6-2)15(4)19(17,18)16-10-8-7-9-13(16)11-14-3/h12-14H,5-11H2,1-4H3. The molecule has 114 valence electrons. The molecule has 1 N–H and O–H groups in total. The molecular weight excluding hydrogens is 262 g/mol. The largest absolute Gasteiger partial charge is 0.318 e. The predicted octanol–water partition coefficient (Wildman–Crippen LogP) is 1.43. The van der Waals surface area contributed by atoms with Crippen LogP contribution in [0.4, 0.5) is 0 Å². The van der Waals surface area contributed by atoms with Crippen molar-refractivity contribution in [1.82, 2.24) is 13.9 Å². The second kappa shape index (κ2) is 7.57. The highest BCUT2D eigenvalue weighted by Gasteiger charge is 2.36. The average molecular weight is 291 g/mol. The molecule has 6 heteroatoms. The number of nitrogens with one attached hydrogen (secondary N) is 1. The van der Waals surface area contributed by atoms with Crippen molar-refractivity contribution < 1.29 is 8.42 Å². The molecule has 1 fully saturated rings. The third kappa shape index (κ3) is 3.90. The van der Waals surface area contributed by atoms with Crippen LogP contribution in [0.2, 0.25) is 0 Å². The number of rotatable bonds is 7. The third-order valence-corrected chi connectivity index (χ3v) is 6.23. The summed E-state index contributed by atoms with van der Waals surface area (Å²) in [7, 11) is 0.269. The number of likely N-dealkylation sites (N-methyl/N-ethyl adjacent to an activating group) is 1. The number of nitrogens with zero attached hydrogens (tertiary/aromatic N) is 2. The van der Waals surface area contributed by atoms with Gasteiger partial charge in [0.05, 0.1) is 0 Å². The van der Waals surface area contributed by atoms with E-state index in [2.05, 4.69) is 5.32 Å². The summed E-state index contributed by atoms with van der Waals surface area (Å²) >= 11 is 0. The molecule has 1 unspecified atom stereocenters. The van der Waals surface area contributed by atoms with Gasteiger partial charge in [-0.2, -0.15) is 17.0 Å². The lowest BCUT2D eigenvalue weighted by molar-refractivity contribution is 0.221. The van der Waals surface area contributed by atoms with Gasteiger partial charge in [-0.05, 0) is 32.7 Å². The van der Waals surface area contributed by atoms with Gasteiger partial charge in [-0.25, -0.2) is 0 Å². The Balaban J connectivity index is 2.89. The molecule has 0 spiro atoms. The zero-order chi connectivity index (χ0) is 14.5. The van der Waals surface area contributed by atoms with Gasteiger partial charge >= 0.3 is 0 Å². The molecule has 5 nitrogen and oxygen atoms in total. The van der Waals surface area contributed by atoms with E-state index >= 15 is 0 Å². The minimum atomic E-state index is -3.33. The van der Waals surface area contributed by atoms with Crippen LogP contribution < -0.4 is 5.32 Å². The zero-order valence-electron chi connectivity index (χ0n) is 12.7. The quantitative estimate of drug-likeness (QED) is 0.772. The molecule has 1 aliphatic heterocycles. The lowest BCUT2D eigenvalue weighted by Gasteiger charge is -2.38. The average Bonchev–Trinajstić information content (AvgIpc) is 2.41. The summed E-state index contributed by atoms with van der Waals surface area (Å²) in [5.74, 6) is 0. The van der Waals surface area contributed by atoms with E-state index in [1.54, 1.807) is 15.7 Å². The summed E-state index contributed by atoms with van der Waals surface area (Å²) in [4.78, 5) is 0. The van der Waals surface area contributed by atoms with Crippen LogP contribution in [0.1, 0.15) is 46.0 Å². The summed E-state index contributed by atoms with van der Waals surface area (Å²) in [6.45, 7) is 5.47. The lowest BCUT2D eigenvalue weighted by Crippen LogP contribution is -2.54. The van der Waals surface area contributed by atoms with Gasteiger partial charge in [0.25, 0.3) is 10.2 Å². The van der Waals surface area contributed by atoms with Gasteiger partial charge in [0.15, 0.2) is 0 Å². The second-order valence-corrected chi connectivity index (χ2v) is 7.25. The summed E-state index contributed by atoms with van der Waals surface area (Å²) in [5, 5.41) is 3.11. The number of hydrogen-bond donors (Lipinski definition) is 1. The van der Waals surface area contributed by atoms with Crippen LogP contribution in [0.15, 0.2) is 0 Å². The molecule has 0 radical (unpaired) electrons. The van der Waals surface area contributed by atoms with Gasteiger partial charge in [0.1, 0.15) is 0 Å². The minimum absolute atomic E-state index is 0.0977. The Morgan fingerprint density at radius 2 is 1.95 bits per heavy atom. The SMILES string of the molecule is CCC(CC)N(C)S(=O)(=O)N1CCCCC1CNC. The molecule has 1 heterocycles. The molecule has 0 aromatic carbocycles. The Kier molecular flexibility index (Phi) is 6.73. The fourth-order valence-corrected chi connectivity index (χ4v) is 4.80. The maximum Gasteiger partial charge on any atom is 0.282 e. The highest BCUT2D eigenvalue weighted by Crippen LogP contribution is 2.24. The lowest BCUT2D eigenvalue weighted by atomic mass is 10.1. The molecule has 19 heavy (non-hydrogen) atoms. The molecule has 0 aliphatic carbocycles. The Hall–Kier alpha value is -0.170. The van der Waals surface area contributed by atoms with E-state index in [1.165, 1.54) is 0 Å². The number of hydrogen-bond acceptors (Lipinski definition) is 3. The van der Waals surface area contributed by atoms with Crippen LogP contribution in [0, 0.1) is 0 Å². The first kappa shape index (κ1) is 16.9. The van der Waals surface area contributed by atoms with E-state index < -0.39 is 10.2 Å². The molecule has 1 saturated heterocycles. The maximum absolute atomic E-state index is 12.8. The van der Waals surface area contributed by atoms with E-state index in [4.69, 9.17) is 0 Å². The van der Waals surface area contributed by atoms with E-state index in [1.807, 2.05) is 20.9 Å². The Bertz CT molecular complexity index is 353. The molecule has 1 atom stereocenters. The van der Waals surface area contributed by atoms with Crippen LogP contribution in [-0.4, -0.2) is 56.3 Å². The van der Waals surface area contributed by atoms with E-state index in [0.29, 0.717) is 6.54 Å². The van der Waals surface area contributed by atoms with Crippen molar-refractivity contribution in [3.05, 3.63) is 0 Å².